The fraction of sp³-hybridized carbons (Fsp3) is 1.00. The second kappa shape index (κ2) is 6.58. The molecule has 16 heavy (non-hydrogen) atoms. The van der Waals surface area contributed by atoms with Gasteiger partial charge in [0, 0.05) is 12.6 Å². The summed E-state index contributed by atoms with van der Waals surface area (Å²) in [5.74, 6) is 0. The van der Waals surface area contributed by atoms with E-state index in [-0.39, 0.29) is 0 Å². The number of hydrogen-bond acceptors (Lipinski definition) is 3. The highest BCUT2D eigenvalue weighted by Gasteiger charge is 2.28. The molecular formula is C13H27N3. The number of hydrogen-bond donors (Lipinski definition) is 1. The smallest absolute Gasteiger partial charge is 0.0223 e. The van der Waals surface area contributed by atoms with Crippen LogP contribution in [-0.4, -0.2) is 55.1 Å². The minimum Gasteiger partial charge on any atom is -0.330 e. The molecule has 3 heteroatoms. The molecule has 0 spiro atoms. The molecule has 0 amide bonds. The molecule has 0 aromatic carbocycles. The van der Waals surface area contributed by atoms with E-state index in [1.807, 2.05) is 0 Å². The Morgan fingerprint density at radius 3 is 2.75 bits per heavy atom. The standard InChI is InChI=1S/C13H27N3/c14-7-2-1-3-8-15-9-5-11-16-10-4-6-13(16)12-15/h13H,1-12,14H2. The van der Waals surface area contributed by atoms with E-state index >= 15 is 0 Å². The largest absolute Gasteiger partial charge is 0.330 e. The van der Waals surface area contributed by atoms with Crippen molar-refractivity contribution in [1.29, 1.82) is 0 Å². The molecule has 2 heterocycles. The third kappa shape index (κ3) is 3.44. The average Bonchev–Trinajstić information content (AvgIpc) is 2.63. The van der Waals surface area contributed by atoms with Crippen molar-refractivity contribution in [3.63, 3.8) is 0 Å². The third-order valence-electron chi connectivity index (χ3n) is 4.07. The van der Waals surface area contributed by atoms with Gasteiger partial charge in [-0.1, -0.05) is 6.42 Å². The summed E-state index contributed by atoms with van der Waals surface area (Å²) in [6.45, 7) is 7.48. The zero-order valence-electron chi connectivity index (χ0n) is 10.5. The van der Waals surface area contributed by atoms with Gasteiger partial charge in [0.1, 0.15) is 0 Å². The molecule has 2 fully saturated rings. The minimum absolute atomic E-state index is 0.858. The van der Waals surface area contributed by atoms with Crippen LogP contribution in [0.4, 0.5) is 0 Å². The zero-order chi connectivity index (χ0) is 11.2. The van der Waals surface area contributed by atoms with Crippen LogP contribution < -0.4 is 5.73 Å². The molecule has 0 bridgehead atoms. The van der Waals surface area contributed by atoms with Crippen molar-refractivity contribution in [1.82, 2.24) is 9.80 Å². The maximum absolute atomic E-state index is 5.52. The van der Waals surface area contributed by atoms with Gasteiger partial charge in [0.05, 0.1) is 0 Å². The van der Waals surface area contributed by atoms with Crippen molar-refractivity contribution in [2.24, 2.45) is 5.73 Å². The van der Waals surface area contributed by atoms with Crippen molar-refractivity contribution >= 4 is 0 Å². The number of nitrogens with zero attached hydrogens (tertiary/aromatic N) is 2. The van der Waals surface area contributed by atoms with Gasteiger partial charge in [-0.15, -0.1) is 0 Å². The van der Waals surface area contributed by atoms with Crippen LogP contribution >= 0.6 is 0 Å². The highest BCUT2D eigenvalue weighted by molar-refractivity contribution is 4.84. The Bertz CT molecular complexity index is 196. The van der Waals surface area contributed by atoms with E-state index in [0.717, 1.165) is 12.6 Å². The van der Waals surface area contributed by atoms with Crippen molar-refractivity contribution in [2.45, 2.75) is 44.6 Å². The molecule has 2 N–H and O–H groups in total. The van der Waals surface area contributed by atoms with Gasteiger partial charge < -0.3 is 10.6 Å². The van der Waals surface area contributed by atoms with Gasteiger partial charge in [-0.2, -0.15) is 0 Å². The molecule has 2 saturated heterocycles. The fourth-order valence-electron chi connectivity index (χ4n) is 3.14. The van der Waals surface area contributed by atoms with E-state index in [0.29, 0.717) is 0 Å². The molecule has 2 rings (SSSR count). The predicted molar refractivity (Wildman–Crippen MR) is 68.6 cm³/mol. The Hall–Kier alpha value is -0.120. The summed E-state index contributed by atoms with van der Waals surface area (Å²) in [7, 11) is 0. The first kappa shape index (κ1) is 12.3. The molecule has 2 aliphatic heterocycles. The molecule has 2 aliphatic rings. The van der Waals surface area contributed by atoms with E-state index in [9.17, 15) is 0 Å². The van der Waals surface area contributed by atoms with Crippen LogP contribution in [0.5, 0.6) is 0 Å². The molecule has 94 valence electrons. The predicted octanol–water partition coefficient (Wildman–Crippen LogP) is 1.29. The lowest BCUT2D eigenvalue weighted by Gasteiger charge is -2.25. The monoisotopic (exact) mass is 225 g/mol. The van der Waals surface area contributed by atoms with Crippen LogP contribution in [0.1, 0.15) is 38.5 Å². The number of rotatable bonds is 5. The molecule has 3 nitrogen and oxygen atoms in total. The van der Waals surface area contributed by atoms with Crippen LogP contribution in [0.15, 0.2) is 0 Å². The summed E-state index contributed by atoms with van der Waals surface area (Å²) >= 11 is 0. The van der Waals surface area contributed by atoms with Crippen LogP contribution in [0, 0.1) is 0 Å². The normalized spacial score (nSPS) is 27.9. The van der Waals surface area contributed by atoms with E-state index in [1.165, 1.54) is 71.2 Å². The molecule has 1 atom stereocenters. The van der Waals surface area contributed by atoms with Crippen molar-refractivity contribution < 1.29 is 0 Å². The summed E-state index contributed by atoms with van der Waals surface area (Å²) < 4.78 is 0. The highest BCUT2D eigenvalue weighted by Crippen LogP contribution is 2.21. The number of nitrogens with two attached hydrogens (primary N) is 1. The maximum atomic E-state index is 5.52. The number of unbranched alkanes of at least 4 members (excludes halogenated alkanes) is 2. The maximum Gasteiger partial charge on any atom is 0.0223 e. The Morgan fingerprint density at radius 1 is 1.00 bits per heavy atom. The van der Waals surface area contributed by atoms with Gasteiger partial charge in [-0.05, 0) is 64.8 Å². The summed E-state index contributed by atoms with van der Waals surface area (Å²) in [5.41, 5.74) is 5.52. The van der Waals surface area contributed by atoms with E-state index in [4.69, 9.17) is 5.73 Å². The summed E-state index contributed by atoms with van der Waals surface area (Å²) in [6, 6.07) is 0.872. The topological polar surface area (TPSA) is 32.5 Å². The lowest BCUT2D eigenvalue weighted by Crippen LogP contribution is -2.37. The molecule has 0 aromatic rings. The van der Waals surface area contributed by atoms with Crippen LogP contribution in [0.2, 0.25) is 0 Å². The third-order valence-corrected chi connectivity index (χ3v) is 4.07. The summed E-state index contributed by atoms with van der Waals surface area (Å²) in [6.07, 6.45) is 8.06. The lowest BCUT2D eigenvalue weighted by molar-refractivity contribution is 0.217. The number of fused-ring (bicyclic) bond motifs is 1. The van der Waals surface area contributed by atoms with E-state index in [1.54, 1.807) is 0 Å². The second-order valence-corrected chi connectivity index (χ2v) is 5.34. The van der Waals surface area contributed by atoms with E-state index in [2.05, 4.69) is 9.80 Å². The first-order valence-electron chi connectivity index (χ1n) is 7.06. The first-order chi connectivity index (χ1) is 7.90. The van der Waals surface area contributed by atoms with E-state index < -0.39 is 0 Å². The Kier molecular flexibility index (Phi) is 5.07. The van der Waals surface area contributed by atoms with Gasteiger partial charge in [0.25, 0.3) is 0 Å². The van der Waals surface area contributed by atoms with Gasteiger partial charge in [-0.3, -0.25) is 4.90 Å². The van der Waals surface area contributed by atoms with Crippen LogP contribution in [0.3, 0.4) is 0 Å². The van der Waals surface area contributed by atoms with Crippen LogP contribution in [-0.2, 0) is 0 Å². The van der Waals surface area contributed by atoms with Crippen molar-refractivity contribution in [2.75, 3.05) is 39.3 Å². The second-order valence-electron chi connectivity index (χ2n) is 5.34. The summed E-state index contributed by atoms with van der Waals surface area (Å²) in [5, 5.41) is 0. The SMILES string of the molecule is NCCCCCN1CCCN2CCCC2C1. The highest BCUT2D eigenvalue weighted by atomic mass is 15.3. The lowest BCUT2D eigenvalue weighted by atomic mass is 10.2. The van der Waals surface area contributed by atoms with Gasteiger partial charge >= 0.3 is 0 Å². The van der Waals surface area contributed by atoms with Crippen LogP contribution in [0.25, 0.3) is 0 Å². The van der Waals surface area contributed by atoms with Gasteiger partial charge in [-0.25, -0.2) is 0 Å². The average molecular weight is 225 g/mol. The van der Waals surface area contributed by atoms with Gasteiger partial charge in [0.15, 0.2) is 0 Å². The molecule has 0 saturated carbocycles. The van der Waals surface area contributed by atoms with Gasteiger partial charge in [0.2, 0.25) is 0 Å². The molecular weight excluding hydrogens is 198 g/mol. The minimum atomic E-state index is 0.858. The fourth-order valence-corrected chi connectivity index (χ4v) is 3.14. The zero-order valence-corrected chi connectivity index (χ0v) is 10.5. The summed E-state index contributed by atoms with van der Waals surface area (Å²) in [4.78, 5) is 5.40. The van der Waals surface area contributed by atoms with Crippen molar-refractivity contribution in [3.05, 3.63) is 0 Å². The molecule has 1 unspecified atom stereocenters. The molecule has 0 aliphatic carbocycles. The Balaban J connectivity index is 1.69. The van der Waals surface area contributed by atoms with Crippen molar-refractivity contribution in [3.8, 4) is 0 Å². The molecule has 0 aromatic heterocycles. The first-order valence-corrected chi connectivity index (χ1v) is 7.06. The Morgan fingerprint density at radius 2 is 1.88 bits per heavy atom. The molecule has 0 radical (unpaired) electrons. The quantitative estimate of drug-likeness (QED) is 0.716. The Labute approximate surface area is 100.0 Å².